The van der Waals surface area contributed by atoms with E-state index in [9.17, 15) is 0 Å². The summed E-state index contributed by atoms with van der Waals surface area (Å²) in [6, 6.07) is 0.219. The Morgan fingerprint density at radius 1 is 0.792 bits per heavy atom. The molecular weight excluding hydrogens is 360 g/mol. The van der Waals surface area contributed by atoms with Gasteiger partial charge in [-0.25, -0.2) is 15.0 Å². The summed E-state index contributed by atoms with van der Waals surface area (Å²) in [4.78, 5) is 17.2. The number of aliphatic imine (C=N–C) groups is 3. The summed E-state index contributed by atoms with van der Waals surface area (Å²) < 4.78 is 0. The maximum atomic E-state index is 5.25. The van der Waals surface area contributed by atoms with Crippen molar-refractivity contribution in [3.05, 3.63) is 0 Å². The Hall–Kier alpha value is -1.32. The predicted molar refractivity (Wildman–Crippen MR) is 117 cm³/mol. The third kappa shape index (κ3) is 7.98. The molecule has 0 bridgehead atoms. The summed E-state index contributed by atoms with van der Waals surface area (Å²) in [5.41, 5.74) is 0. The highest BCUT2D eigenvalue weighted by atomic mass is 32.1. The van der Waals surface area contributed by atoms with Crippen LogP contribution in [0.1, 0.15) is 19.3 Å². The summed E-state index contributed by atoms with van der Waals surface area (Å²) in [6.07, 6.45) is 2.74. The van der Waals surface area contributed by atoms with Gasteiger partial charge in [-0.2, -0.15) is 0 Å². The molecule has 24 heavy (non-hydrogen) atoms. The summed E-state index contributed by atoms with van der Waals surface area (Å²) in [7, 11) is 5.75. The first-order chi connectivity index (χ1) is 11.3. The van der Waals surface area contributed by atoms with E-state index in [4.69, 9.17) is 36.7 Å². The molecule has 0 aliphatic heterocycles. The van der Waals surface area contributed by atoms with E-state index in [1.165, 1.54) is 0 Å². The van der Waals surface area contributed by atoms with E-state index in [0.29, 0.717) is 15.3 Å². The monoisotopic (exact) mass is 386 g/mol. The van der Waals surface area contributed by atoms with Crippen LogP contribution in [0.2, 0.25) is 0 Å². The number of nitrogens with zero attached hydrogens (tertiary/aromatic N) is 6. The minimum atomic E-state index is 0.219. The Morgan fingerprint density at radius 2 is 1.25 bits per heavy atom. The minimum Gasteiger partial charge on any atom is -0.351 e. The Bertz CT molecular complexity index is 494. The van der Waals surface area contributed by atoms with Crippen LogP contribution in [0.25, 0.3) is 0 Å². The van der Waals surface area contributed by atoms with Gasteiger partial charge in [0.1, 0.15) is 0 Å². The highest BCUT2D eigenvalue weighted by molar-refractivity contribution is 7.80. The number of thiocarbonyl (C=S) groups is 3. The molecule has 0 saturated heterocycles. The van der Waals surface area contributed by atoms with Gasteiger partial charge in [0.25, 0.3) is 0 Å². The van der Waals surface area contributed by atoms with E-state index < -0.39 is 0 Å². The Labute approximate surface area is 161 Å². The Balaban J connectivity index is 4.70. The molecule has 0 rings (SSSR count). The van der Waals surface area contributed by atoms with Gasteiger partial charge in [-0.15, -0.1) is 0 Å². The van der Waals surface area contributed by atoms with Crippen LogP contribution in [-0.2, 0) is 0 Å². The molecule has 0 radical (unpaired) electrons. The predicted octanol–water partition coefficient (Wildman–Crippen LogP) is 2.28. The van der Waals surface area contributed by atoms with Crippen molar-refractivity contribution in [1.29, 1.82) is 0 Å². The van der Waals surface area contributed by atoms with Crippen molar-refractivity contribution in [3.63, 3.8) is 0 Å². The van der Waals surface area contributed by atoms with Gasteiger partial charge in [0.2, 0.25) is 0 Å². The average molecular weight is 387 g/mol. The van der Waals surface area contributed by atoms with Gasteiger partial charge in [-0.3, -0.25) is 0 Å². The summed E-state index contributed by atoms with van der Waals surface area (Å²) >= 11 is 15.5. The van der Waals surface area contributed by atoms with Gasteiger partial charge < -0.3 is 14.7 Å². The van der Waals surface area contributed by atoms with Crippen LogP contribution in [0, 0.1) is 0 Å². The van der Waals surface area contributed by atoms with Crippen molar-refractivity contribution >= 4 is 72.1 Å². The molecule has 0 aromatic rings. The van der Waals surface area contributed by atoms with Gasteiger partial charge in [0.05, 0.1) is 0 Å². The van der Waals surface area contributed by atoms with E-state index in [-0.39, 0.29) is 6.04 Å². The van der Waals surface area contributed by atoms with E-state index in [0.717, 1.165) is 32.4 Å². The fourth-order valence-electron chi connectivity index (χ4n) is 2.14. The zero-order valence-electron chi connectivity index (χ0n) is 14.6. The zero-order valence-corrected chi connectivity index (χ0v) is 17.1. The molecule has 9 heteroatoms. The lowest BCUT2D eigenvalue weighted by Gasteiger charge is -2.30. The van der Waals surface area contributed by atoms with Crippen molar-refractivity contribution in [1.82, 2.24) is 14.7 Å². The van der Waals surface area contributed by atoms with Crippen molar-refractivity contribution in [3.8, 4) is 0 Å². The first-order valence-electron chi connectivity index (χ1n) is 7.45. The molecule has 0 spiro atoms. The average Bonchev–Trinajstić information content (AvgIpc) is 2.60. The highest BCUT2D eigenvalue weighted by Crippen LogP contribution is 2.13. The van der Waals surface area contributed by atoms with Gasteiger partial charge in [0.15, 0.2) is 15.3 Å². The zero-order chi connectivity index (χ0) is 18.7. The molecule has 6 nitrogen and oxygen atoms in total. The molecule has 0 N–H and O–H groups in total. The SMILES string of the molecule is C=NC(=S)N(C)CCCC(CCN(C)C(=S)N=C)N(C)C(=S)N=C. The smallest absolute Gasteiger partial charge is 0.194 e. The third-order valence-electron chi connectivity index (χ3n) is 3.74. The fraction of sp³-hybridized carbons (Fsp3) is 0.600. The van der Waals surface area contributed by atoms with E-state index in [2.05, 4.69) is 35.1 Å². The molecule has 0 heterocycles. The second-order valence-corrected chi connectivity index (χ2v) is 6.46. The molecule has 0 saturated carbocycles. The van der Waals surface area contributed by atoms with Gasteiger partial charge >= 0.3 is 0 Å². The largest absolute Gasteiger partial charge is 0.351 e. The number of rotatable bonds is 8. The third-order valence-corrected chi connectivity index (χ3v) is 5.04. The van der Waals surface area contributed by atoms with Crippen molar-refractivity contribution in [2.45, 2.75) is 25.3 Å². The summed E-state index contributed by atoms with van der Waals surface area (Å²) in [5.74, 6) is 0. The Morgan fingerprint density at radius 3 is 1.71 bits per heavy atom. The summed E-state index contributed by atoms with van der Waals surface area (Å²) in [5, 5.41) is 1.48. The van der Waals surface area contributed by atoms with E-state index >= 15 is 0 Å². The molecule has 0 aliphatic rings. The van der Waals surface area contributed by atoms with Gasteiger partial charge in [-0.05, 0) is 76.1 Å². The van der Waals surface area contributed by atoms with Crippen molar-refractivity contribution < 1.29 is 0 Å². The second kappa shape index (κ2) is 12.1. The Kier molecular flexibility index (Phi) is 11.4. The molecule has 1 unspecified atom stereocenters. The van der Waals surface area contributed by atoms with Crippen LogP contribution in [0.3, 0.4) is 0 Å². The maximum Gasteiger partial charge on any atom is 0.194 e. The molecule has 134 valence electrons. The van der Waals surface area contributed by atoms with E-state index in [1.807, 2.05) is 35.8 Å². The fourth-order valence-corrected chi connectivity index (χ4v) is 2.47. The quantitative estimate of drug-likeness (QED) is 0.471. The summed E-state index contributed by atoms with van der Waals surface area (Å²) in [6.45, 7) is 12.0. The normalized spacial score (nSPS) is 11.1. The van der Waals surface area contributed by atoms with Crippen LogP contribution >= 0.6 is 36.7 Å². The van der Waals surface area contributed by atoms with Crippen LogP contribution in [0.15, 0.2) is 15.0 Å². The lowest BCUT2D eigenvalue weighted by Crippen LogP contribution is -2.39. The van der Waals surface area contributed by atoms with Crippen LogP contribution in [0.5, 0.6) is 0 Å². The van der Waals surface area contributed by atoms with Crippen LogP contribution in [0.4, 0.5) is 0 Å². The van der Waals surface area contributed by atoms with Crippen LogP contribution in [-0.4, -0.2) is 90.5 Å². The molecule has 0 amide bonds. The second-order valence-electron chi connectivity index (χ2n) is 5.36. The van der Waals surface area contributed by atoms with Crippen LogP contribution < -0.4 is 0 Å². The standard InChI is InChI=1S/C15H26N6S3/c1-16-13(22)19(4)10-7-8-12(21(6)15(24)18-3)9-11-20(5)14(23)17-2/h12H,1-3,7-11H2,4-6H3. The molecule has 0 aromatic heterocycles. The maximum absolute atomic E-state index is 5.25. The molecule has 1 atom stereocenters. The first kappa shape index (κ1) is 22.7. The molecule has 0 aliphatic carbocycles. The molecule has 0 aromatic carbocycles. The van der Waals surface area contributed by atoms with E-state index in [1.54, 1.807) is 0 Å². The number of hydrogen-bond acceptors (Lipinski definition) is 3. The lowest BCUT2D eigenvalue weighted by molar-refractivity contribution is 0.292. The lowest BCUT2D eigenvalue weighted by atomic mass is 10.1. The van der Waals surface area contributed by atoms with Crippen molar-refractivity contribution in [2.24, 2.45) is 15.0 Å². The minimum absolute atomic E-state index is 0.219. The first-order valence-corrected chi connectivity index (χ1v) is 8.68. The van der Waals surface area contributed by atoms with Gasteiger partial charge in [-0.1, -0.05) is 0 Å². The molecular formula is C15H26N6S3. The topological polar surface area (TPSA) is 46.8 Å². The highest BCUT2D eigenvalue weighted by Gasteiger charge is 2.18. The van der Waals surface area contributed by atoms with Gasteiger partial charge in [0, 0.05) is 40.3 Å². The van der Waals surface area contributed by atoms with Crippen molar-refractivity contribution in [2.75, 3.05) is 34.2 Å². The molecule has 0 fully saturated rings. The number of hydrogen-bond donors (Lipinski definition) is 0.